The maximum Gasteiger partial charge on any atom is 0.461 e. The van der Waals surface area contributed by atoms with Gasteiger partial charge in [-0.25, -0.2) is 19.2 Å². The number of rotatable bonds is 32. The van der Waals surface area contributed by atoms with Crippen LogP contribution in [-0.2, 0) is 19.4 Å². The average molecular weight is 1690 g/mol. The molecule has 2 atom stereocenters. The molecule has 584 valence electrons. The monoisotopic (exact) mass is 1680 g/mol. The van der Waals surface area contributed by atoms with Crippen LogP contribution in [-0.4, -0.2) is 114 Å². The van der Waals surface area contributed by atoms with Crippen LogP contribution < -0.4 is 55.6 Å². The number of carbonyl (C=O) groups excluding carboxylic acids is 4. The molecule has 0 aliphatic carbocycles. The molecule has 0 amide bonds. The van der Waals surface area contributed by atoms with Gasteiger partial charge in [-0.05, 0) is 158 Å². The van der Waals surface area contributed by atoms with E-state index in [2.05, 4.69) is 30.9 Å². The molecule has 0 radical (unpaired) electrons. The zero-order chi connectivity index (χ0) is 80.8. The Morgan fingerprint density at radius 1 is 0.281 bits per heavy atom. The molecule has 1 heterocycles. The highest BCUT2D eigenvalue weighted by molar-refractivity contribution is 7.79. The summed E-state index contributed by atoms with van der Waals surface area (Å²) in [6, 6.07) is 50.8. The Kier molecular flexibility index (Phi) is 27.7. The summed E-state index contributed by atoms with van der Waals surface area (Å²) in [5.41, 5.74) is 1.78. The Morgan fingerprint density at radius 3 is 0.640 bits per heavy atom. The van der Waals surface area contributed by atoms with Crippen molar-refractivity contribution in [1.82, 2.24) is 0 Å². The van der Waals surface area contributed by atoms with E-state index in [9.17, 15) is 29.6 Å². The second-order valence-corrected chi connectivity index (χ2v) is 30.4. The number of nitrogens with zero attached hydrogens (tertiary/aromatic N) is 9. The molecular formula is C76H60Cl4N9O22P3. The summed E-state index contributed by atoms with van der Waals surface area (Å²) < 4.78 is 96.0. The summed E-state index contributed by atoms with van der Waals surface area (Å²) in [6.45, 7) is 0. The van der Waals surface area contributed by atoms with Gasteiger partial charge in [0.25, 0.3) is 0 Å². The first-order valence-electron chi connectivity index (χ1n) is 32.7. The molecular weight excluding hydrogens is 1630 g/mol. The first kappa shape index (κ1) is 82.1. The van der Waals surface area contributed by atoms with Crippen LogP contribution >= 0.6 is 69.4 Å². The van der Waals surface area contributed by atoms with Crippen LogP contribution in [0.4, 0.5) is 0 Å². The van der Waals surface area contributed by atoms with E-state index in [4.69, 9.17) is 135 Å². The minimum atomic E-state index is -5.21. The van der Waals surface area contributed by atoms with Crippen molar-refractivity contribution in [3.63, 3.8) is 0 Å². The molecule has 10 aromatic rings. The van der Waals surface area contributed by atoms with Gasteiger partial charge in [-0.2, -0.15) is 0 Å². The Morgan fingerprint density at radius 2 is 0.465 bits per heavy atom. The maximum atomic E-state index is 13.2. The lowest BCUT2D eigenvalue weighted by atomic mass is 10.2. The average Bonchev–Trinajstić information content (AvgIpc) is 0.722. The van der Waals surface area contributed by atoms with Crippen LogP contribution in [0.3, 0.4) is 0 Å². The van der Waals surface area contributed by atoms with Gasteiger partial charge in [0.1, 0.15) is 0 Å². The van der Waals surface area contributed by atoms with Gasteiger partial charge in [0, 0.05) is 33.4 Å². The van der Waals surface area contributed by atoms with Gasteiger partial charge in [0.15, 0.2) is 69.0 Å². The third-order valence-electron chi connectivity index (χ3n) is 15.2. The standard InChI is InChI=1S/C76H60Cl4N9O22P3/c1-96-67-35-47(41-81-94)23-29-61(67)106-112(108-63-31-25-49(37-69(63)98-3)43-83-102-73(90)53-15-7-11-19-57(53)77)87-113(107-62-30-24-48(42-82-95)36-68(62)97-2,109-64-32-26-50(38-70(64)99-4)44-84-103-74(91)54-16-8-12-20-58(54)78)89-114(88-112,110-65-33-27-51(39-71(65)100-5)45-85-104-75(92)55-17-9-13-21-59(55)79)111-66-34-28-52(40-72(66)101-6)46-86-105-76(93)56-18-10-14-22-60(56)80/h7-46,94-95H,1-6H3/b81-41+,82-42+,83-43+,84-44+,85-45+,86-46+. The third-order valence-corrected chi connectivity index (χ3v) is 24.6. The number of benzene rings is 10. The number of halogens is 4. The third kappa shape index (κ3) is 20.6. The number of ether oxygens (including phenoxy) is 6. The minimum absolute atomic E-state index is 0.0377. The fourth-order valence-corrected chi connectivity index (χ4v) is 19.9. The normalized spacial score (nSPS) is 14.9. The van der Waals surface area contributed by atoms with E-state index in [-0.39, 0.29) is 134 Å². The lowest BCUT2D eigenvalue weighted by Crippen LogP contribution is -2.13. The van der Waals surface area contributed by atoms with Crippen molar-refractivity contribution < 1.29 is 105 Å². The number of oxime groups is 6. The molecule has 0 spiro atoms. The van der Waals surface area contributed by atoms with E-state index in [1.807, 2.05) is 0 Å². The highest BCUT2D eigenvalue weighted by Crippen LogP contribution is 2.80. The molecule has 2 unspecified atom stereocenters. The second-order valence-electron chi connectivity index (χ2n) is 22.6. The Balaban J connectivity index is 1.19. The van der Waals surface area contributed by atoms with Crippen molar-refractivity contribution in [2.75, 3.05) is 42.7 Å². The highest BCUT2D eigenvalue weighted by atomic mass is 35.5. The summed E-state index contributed by atoms with van der Waals surface area (Å²) in [5, 5.41) is 42.2. The largest absolute Gasteiger partial charge is 0.493 e. The minimum Gasteiger partial charge on any atom is -0.493 e. The van der Waals surface area contributed by atoms with Gasteiger partial charge in [0.05, 0.1) is 122 Å². The van der Waals surface area contributed by atoms with E-state index in [1.54, 1.807) is 48.5 Å². The van der Waals surface area contributed by atoms with Gasteiger partial charge in [-0.1, -0.05) is 139 Å². The molecule has 31 nitrogen and oxygen atoms in total. The molecule has 0 fully saturated rings. The smallest absolute Gasteiger partial charge is 0.461 e. The van der Waals surface area contributed by atoms with Gasteiger partial charge in [0.2, 0.25) is 0 Å². The summed E-state index contributed by atoms with van der Waals surface area (Å²) >= 11 is 25.2. The molecule has 38 heteroatoms. The molecule has 1 aliphatic heterocycles. The second kappa shape index (κ2) is 38.4. The van der Waals surface area contributed by atoms with Crippen LogP contribution in [0.2, 0.25) is 20.1 Å². The Labute approximate surface area is 669 Å². The number of methoxy groups -OCH3 is 6. The Hall–Kier alpha value is -12.9. The van der Waals surface area contributed by atoms with Gasteiger partial charge < -0.3 is 85.3 Å². The quantitative estimate of drug-likeness (QED) is 0.0130. The van der Waals surface area contributed by atoms with E-state index >= 15 is 0 Å². The van der Waals surface area contributed by atoms with Crippen molar-refractivity contribution in [3.8, 4) is 69.0 Å². The first-order chi connectivity index (χ1) is 55.2. The van der Waals surface area contributed by atoms with Crippen LogP contribution in [0.1, 0.15) is 74.8 Å². The van der Waals surface area contributed by atoms with E-state index in [0.717, 1.165) is 12.4 Å². The molecule has 1 aliphatic rings. The molecule has 0 saturated carbocycles. The van der Waals surface area contributed by atoms with Crippen molar-refractivity contribution in [2.24, 2.45) is 44.5 Å². The zero-order valence-corrected chi connectivity index (χ0v) is 65.7. The van der Waals surface area contributed by atoms with E-state index in [1.165, 1.54) is 225 Å². The number of carbonyl (C=O) groups is 4. The predicted molar refractivity (Wildman–Crippen MR) is 426 cm³/mol. The van der Waals surface area contributed by atoms with Crippen LogP contribution in [0, 0.1) is 0 Å². The summed E-state index contributed by atoms with van der Waals surface area (Å²) in [7, 11) is -7.72. The summed E-state index contributed by atoms with van der Waals surface area (Å²) in [5.74, 6) is -5.18. The predicted octanol–water partition coefficient (Wildman–Crippen LogP) is 19.4. The van der Waals surface area contributed by atoms with Crippen LogP contribution in [0.5, 0.6) is 69.0 Å². The molecule has 0 aromatic heterocycles. The molecule has 11 rings (SSSR count). The SMILES string of the molecule is COc1cc(/C=N/O)ccc1OP1(Oc2ccc(/C=N/OC(=O)c3ccccc3Cl)cc2OC)=NP(Oc2ccc(/C=N/O)cc2OC)(Oc2ccc(/C=N/OC(=O)c3ccccc3Cl)cc2OC)=NP(Oc2ccc(/C=N/OC(=O)c3ccccc3Cl)cc2OC)(Oc2ccc(/C=N/OC(=O)c3ccccc3Cl)cc2OC)=N1. The molecule has 2 N–H and O–H groups in total. The van der Waals surface area contributed by atoms with Crippen molar-refractivity contribution >= 4 is 131 Å². The van der Waals surface area contributed by atoms with E-state index < -0.39 is 46.9 Å². The topological polar surface area (TPSA) is 368 Å². The fourth-order valence-electron chi connectivity index (χ4n) is 9.94. The lowest BCUT2D eigenvalue weighted by molar-refractivity contribution is 0.0510. The van der Waals surface area contributed by atoms with Gasteiger partial charge >= 0.3 is 46.9 Å². The van der Waals surface area contributed by atoms with Crippen molar-refractivity contribution in [2.45, 2.75) is 0 Å². The van der Waals surface area contributed by atoms with Gasteiger partial charge in [-0.3, -0.25) is 0 Å². The first-order valence-corrected chi connectivity index (χ1v) is 38.8. The molecule has 114 heavy (non-hydrogen) atoms. The van der Waals surface area contributed by atoms with Crippen molar-refractivity contribution in [3.05, 3.63) is 282 Å². The highest BCUT2D eigenvalue weighted by Gasteiger charge is 2.51. The summed E-state index contributed by atoms with van der Waals surface area (Å²) in [6.07, 6.45) is 7.04. The van der Waals surface area contributed by atoms with Gasteiger partial charge in [-0.15, -0.1) is 0 Å². The summed E-state index contributed by atoms with van der Waals surface area (Å²) in [4.78, 5) is 73.7. The Bertz CT molecular complexity index is 5360. The molecule has 0 bridgehead atoms. The van der Waals surface area contributed by atoms with Crippen LogP contribution in [0.25, 0.3) is 0 Å². The number of hydrogen-bond donors (Lipinski definition) is 2. The lowest BCUT2D eigenvalue weighted by Gasteiger charge is -2.34. The number of hydrogen-bond acceptors (Lipinski definition) is 31. The maximum absolute atomic E-state index is 13.2. The fraction of sp³-hybridized carbons (Fsp3) is 0.0789. The molecule has 10 aromatic carbocycles. The molecule has 0 saturated heterocycles. The zero-order valence-electron chi connectivity index (χ0n) is 60.0. The van der Waals surface area contributed by atoms with Crippen molar-refractivity contribution in [1.29, 1.82) is 0 Å². The van der Waals surface area contributed by atoms with E-state index in [0.29, 0.717) is 11.1 Å². The van der Waals surface area contributed by atoms with Crippen LogP contribution in [0.15, 0.2) is 251 Å².